The van der Waals surface area contributed by atoms with Gasteiger partial charge in [0.05, 0.1) is 16.3 Å². The Morgan fingerprint density at radius 1 is 1.16 bits per heavy atom. The molecule has 0 saturated carbocycles. The maximum Gasteiger partial charge on any atom is 0.407 e. The van der Waals surface area contributed by atoms with E-state index in [1.54, 1.807) is 23.7 Å². The molecular weight excluding hydrogens is 506 g/mol. The number of anilines is 1. The predicted molar refractivity (Wildman–Crippen MR) is 149 cm³/mol. The van der Waals surface area contributed by atoms with Crippen LogP contribution in [-0.2, 0) is 11.2 Å². The number of hydrogen-bond acceptors (Lipinski definition) is 7. The number of pyridine rings is 1. The summed E-state index contributed by atoms with van der Waals surface area (Å²) in [7, 11) is 0. The van der Waals surface area contributed by atoms with Crippen LogP contribution in [0.15, 0.2) is 42.7 Å². The van der Waals surface area contributed by atoms with Crippen molar-refractivity contribution in [1.29, 1.82) is 0 Å². The standard InChI is InChI=1S/C27H29N5O3S2/c1-15(2)29-12-8-22(33)31-26-23(19-9-13-32(27(34)35)16(3)24(19)37-26)25-30-20-14-18(4-5-21(20)36-25)17-6-10-28-11-7-17/h4-7,10-11,14-16,29H,8-9,12-13H2,1-3H3,(H,31,33)(H,34,35). The van der Waals surface area contributed by atoms with Gasteiger partial charge in [0.2, 0.25) is 5.91 Å². The number of hydrogen-bond donors (Lipinski definition) is 3. The van der Waals surface area contributed by atoms with E-state index in [0.717, 1.165) is 47.4 Å². The zero-order chi connectivity index (χ0) is 26.1. The van der Waals surface area contributed by atoms with Gasteiger partial charge in [0.15, 0.2) is 0 Å². The van der Waals surface area contributed by atoms with Crippen LogP contribution in [0.3, 0.4) is 0 Å². The first kappa shape index (κ1) is 25.3. The first-order valence-electron chi connectivity index (χ1n) is 12.3. The number of fused-ring (bicyclic) bond motifs is 2. The van der Waals surface area contributed by atoms with Crippen molar-refractivity contribution in [2.45, 2.75) is 45.7 Å². The van der Waals surface area contributed by atoms with Crippen molar-refractivity contribution in [3.63, 3.8) is 0 Å². The number of benzene rings is 1. The molecule has 1 aliphatic rings. The van der Waals surface area contributed by atoms with Gasteiger partial charge in [0.1, 0.15) is 10.0 Å². The fourth-order valence-corrected chi connectivity index (χ4v) is 7.05. The maximum absolute atomic E-state index is 12.8. The smallest absolute Gasteiger partial charge is 0.407 e. The third-order valence-corrected chi connectivity index (χ3v) is 8.88. The van der Waals surface area contributed by atoms with E-state index in [-0.39, 0.29) is 11.9 Å². The van der Waals surface area contributed by atoms with E-state index in [4.69, 9.17) is 4.98 Å². The molecule has 4 aromatic rings. The topological polar surface area (TPSA) is 107 Å². The number of aromatic nitrogens is 2. The summed E-state index contributed by atoms with van der Waals surface area (Å²) in [6, 6.07) is 10.2. The number of amides is 2. The number of thiophene rings is 1. The first-order chi connectivity index (χ1) is 17.8. The van der Waals surface area contributed by atoms with Crippen molar-refractivity contribution in [3.8, 4) is 21.7 Å². The van der Waals surface area contributed by atoms with Crippen molar-refractivity contribution in [2.24, 2.45) is 0 Å². The Hall–Kier alpha value is -3.34. The van der Waals surface area contributed by atoms with E-state index in [1.165, 1.54) is 16.2 Å². The van der Waals surface area contributed by atoms with Crippen molar-refractivity contribution >= 4 is 49.9 Å². The van der Waals surface area contributed by atoms with Crippen LogP contribution in [0.4, 0.5) is 9.80 Å². The lowest BCUT2D eigenvalue weighted by Crippen LogP contribution is -2.37. The highest BCUT2D eigenvalue weighted by Crippen LogP contribution is 2.48. The third kappa shape index (κ3) is 5.22. The van der Waals surface area contributed by atoms with Gasteiger partial charge in [-0.1, -0.05) is 19.9 Å². The summed E-state index contributed by atoms with van der Waals surface area (Å²) in [4.78, 5) is 36.2. The third-order valence-electron chi connectivity index (χ3n) is 6.51. The van der Waals surface area contributed by atoms with Crippen LogP contribution in [0.2, 0.25) is 0 Å². The minimum atomic E-state index is -0.929. The second-order valence-electron chi connectivity index (χ2n) is 9.40. The van der Waals surface area contributed by atoms with Gasteiger partial charge in [-0.05, 0) is 54.3 Å². The van der Waals surface area contributed by atoms with E-state index in [2.05, 4.69) is 33.8 Å². The number of thiazole rings is 1. The lowest BCUT2D eigenvalue weighted by atomic mass is 9.98. The number of nitrogens with zero attached hydrogens (tertiary/aromatic N) is 3. The normalized spacial score (nSPS) is 15.2. The summed E-state index contributed by atoms with van der Waals surface area (Å²) in [6.45, 7) is 7.00. The van der Waals surface area contributed by atoms with Crippen molar-refractivity contribution < 1.29 is 14.7 Å². The molecule has 1 aliphatic heterocycles. The molecule has 1 atom stereocenters. The Morgan fingerprint density at radius 3 is 2.68 bits per heavy atom. The van der Waals surface area contributed by atoms with Gasteiger partial charge in [-0.15, -0.1) is 22.7 Å². The second kappa shape index (κ2) is 10.6. The van der Waals surface area contributed by atoms with E-state index in [1.807, 2.05) is 32.9 Å². The van der Waals surface area contributed by atoms with E-state index in [0.29, 0.717) is 32.0 Å². The molecule has 3 N–H and O–H groups in total. The van der Waals surface area contributed by atoms with Crippen molar-refractivity contribution in [3.05, 3.63) is 53.2 Å². The van der Waals surface area contributed by atoms with Crippen molar-refractivity contribution in [2.75, 3.05) is 18.4 Å². The number of rotatable bonds is 7. The van der Waals surface area contributed by atoms with Crippen LogP contribution in [0, 0.1) is 0 Å². The average molecular weight is 536 g/mol. The number of carbonyl (C=O) groups excluding carboxylic acids is 1. The van der Waals surface area contributed by atoms with Gasteiger partial charge in [0.25, 0.3) is 0 Å². The number of carbonyl (C=O) groups is 2. The lowest BCUT2D eigenvalue weighted by Gasteiger charge is -2.31. The van der Waals surface area contributed by atoms with Gasteiger partial charge in [-0.25, -0.2) is 9.78 Å². The second-order valence-corrected chi connectivity index (χ2v) is 11.5. The van der Waals surface area contributed by atoms with Gasteiger partial charge in [-0.3, -0.25) is 9.78 Å². The van der Waals surface area contributed by atoms with Crippen LogP contribution >= 0.6 is 22.7 Å². The number of carboxylic acid groups (broad SMARTS) is 1. The van der Waals surface area contributed by atoms with E-state index < -0.39 is 6.09 Å². The highest BCUT2D eigenvalue weighted by Gasteiger charge is 2.34. The van der Waals surface area contributed by atoms with Crippen LogP contribution in [0.25, 0.3) is 31.9 Å². The molecular formula is C27H29N5O3S2. The highest BCUT2D eigenvalue weighted by atomic mass is 32.1. The molecule has 0 fully saturated rings. The maximum atomic E-state index is 12.8. The zero-order valence-electron chi connectivity index (χ0n) is 20.9. The summed E-state index contributed by atoms with van der Waals surface area (Å²) in [5.41, 5.74) is 5.04. The molecule has 0 radical (unpaired) electrons. The van der Waals surface area contributed by atoms with E-state index in [9.17, 15) is 14.7 Å². The fourth-order valence-electron chi connectivity index (χ4n) is 4.63. The highest BCUT2D eigenvalue weighted by molar-refractivity contribution is 7.23. The molecule has 5 rings (SSSR count). The summed E-state index contributed by atoms with van der Waals surface area (Å²) in [5.74, 6) is -0.0724. The molecule has 8 nitrogen and oxygen atoms in total. The van der Waals surface area contributed by atoms with Gasteiger partial charge >= 0.3 is 6.09 Å². The summed E-state index contributed by atoms with van der Waals surface area (Å²) >= 11 is 3.06. The molecule has 1 unspecified atom stereocenters. The largest absolute Gasteiger partial charge is 0.465 e. The Labute approximate surface area is 223 Å². The molecule has 0 saturated heterocycles. The molecule has 10 heteroatoms. The lowest BCUT2D eigenvalue weighted by molar-refractivity contribution is -0.116. The zero-order valence-corrected chi connectivity index (χ0v) is 22.6. The molecule has 0 spiro atoms. The van der Waals surface area contributed by atoms with Crippen LogP contribution in [-0.4, -0.2) is 51.1 Å². The average Bonchev–Trinajstić information content (AvgIpc) is 3.45. The molecule has 192 valence electrons. The van der Waals surface area contributed by atoms with Crippen LogP contribution < -0.4 is 10.6 Å². The Balaban J connectivity index is 1.54. The Bertz CT molecular complexity index is 1450. The summed E-state index contributed by atoms with van der Waals surface area (Å²) in [6.07, 6.45) is 3.56. The van der Waals surface area contributed by atoms with Crippen LogP contribution in [0.1, 0.15) is 43.7 Å². The van der Waals surface area contributed by atoms with Gasteiger partial charge in [0, 0.05) is 48.4 Å². The molecule has 4 heterocycles. The fraction of sp³-hybridized carbons (Fsp3) is 0.333. The molecule has 1 aromatic carbocycles. The minimum Gasteiger partial charge on any atom is -0.465 e. The SMILES string of the molecule is CC(C)NCCC(=O)Nc1sc2c(c1-c1nc3cc(-c4ccncc4)ccc3s1)CCN(C(=O)O)C2C. The molecule has 3 aromatic heterocycles. The number of nitrogens with one attached hydrogen (secondary N) is 2. The van der Waals surface area contributed by atoms with E-state index >= 15 is 0 Å². The minimum absolute atomic E-state index is 0.0724. The van der Waals surface area contributed by atoms with Gasteiger partial charge in [-0.2, -0.15) is 0 Å². The van der Waals surface area contributed by atoms with Crippen LogP contribution in [0.5, 0.6) is 0 Å². The Morgan fingerprint density at radius 2 is 1.95 bits per heavy atom. The Kier molecular flexibility index (Phi) is 7.23. The summed E-state index contributed by atoms with van der Waals surface area (Å²) in [5, 5.41) is 17.6. The van der Waals surface area contributed by atoms with Gasteiger partial charge < -0.3 is 20.6 Å². The quantitative estimate of drug-likeness (QED) is 0.268. The predicted octanol–water partition coefficient (Wildman–Crippen LogP) is 6.01. The molecule has 0 bridgehead atoms. The first-order valence-corrected chi connectivity index (χ1v) is 13.9. The molecule has 37 heavy (non-hydrogen) atoms. The molecule has 2 amide bonds. The molecule has 0 aliphatic carbocycles. The van der Waals surface area contributed by atoms with Crippen molar-refractivity contribution in [1.82, 2.24) is 20.2 Å². The summed E-state index contributed by atoms with van der Waals surface area (Å²) < 4.78 is 1.06. The monoisotopic (exact) mass is 535 g/mol.